The van der Waals surface area contributed by atoms with Gasteiger partial charge in [-0.05, 0) is 49.8 Å². The van der Waals surface area contributed by atoms with Crippen LogP contribution in [0.3, 0.4) is 0 Å². The zero-order valence-electron chi connectivity index (χ0n) is 20.6. The standard InChI is InChI=1S/C27H31N7O2/c1-34(2)25-21-9-5-6-10-22(21)30-27(31-25)29-18-13-11-17(12-14-18)16-28-24(35)15-23-19-7-3-4-8-20(19)26(36)33-32-23/h3-10,17-18H,11-16H2,1-2H3,(H,28,35)(H,33,36)(H,29,30,31). The number of anilines is 2. The highest BCUT2D eigenvalue weighted by Crippen LogP contribution is 2.28. The van der Waals surface area contributed by atoms with Crippen molar-refractivity contribution in [3.8, 4) is 0 Å². The Labute approximate surface area is 209 Å². The van der Waals surface area contributed by atoms with E-state index in [1.165, 1.54) is 0 Å². The number of hydrogen-bond donors (Lipinski definition) is 3. The van der Waals surface area contributed by atoms with Gasteiger partial charge in [0.15, 0.2) is 0 Å². The molecule has 1 aliphatic rings. The van der Waals surface area contributed by atoms with Crippen LogP contribution < -0.4 is 21.1 Å². The van der Waals surface area contributed by atoms with Crippen LogP contribution in [0.2, 0.25) is 0 Å². The topological polar surface area (TPSA) is 116 Å². The van der Waals surface area contributed by atoms with E-state index in [1.54, 1.807) is 12.1 Å². The van der Waals surface area contributed by atoms with Crippen LogP contribution in [0, 0.1) is 5.92 Å². The first-order chi connectivity index (χ1) is 17.5. The number of hydrogen-bond acceptors (Lipinski definition) is 7. The van der Waals surface area contributed by atoms with Crippen LogP contribution >= 0.6 is 0 Å². The Morgan fingerprint density at radius 2 is 1.67 bits per heavy atom. The Morgan fingerprint density at radius 3 is 2.42 bits per heavy atom. The molecule has 0 radical (unpaired) electrons. The maximum absolute atomic E-state index is 12.6. The second kappa shape index (κ2) is 10.3. The molecule has 36 heavy (non-hydrogen) atoms. The number of nitrogens with one attached hydrogen (secondary N) is 3. The normalized spacial score (nSPS) is 17.7. The Kier molecular flexibility index (Phi) is 6.79. The van der Waals surface area contributed by atoms with Gasteiger partial charge in [0.25, 0.3) is 5.56 Å². The zero-order valence-corrected chi connectivity index (χ0v) is 20.6. The maximum Gasteiger partial charge on any atom is 0.272 e. The number of H-pyrrole nitrogens is 1. The van der Waals surface area contributed by atoms with Crippen LogP contribution in [0.15, 0.2) is 53.3 Å². The summed E-state index contributed by atoms with van der Waals surface area (Å²) in [5.74, 6) is 1.92. The van der Waals surface area contributed by atoms with Crippen LogP contribution in [0.1, 0.15) is 31.4 Å². The van der Waals surface area contributed by atoms with Crippen molar-refractivity contribution in [3.63, 3.8) is 0 Å². The van der Waals surface area contributed by atoms with E-state index in [2.05, 4.69) is 20.8 Å². The highest BCUT2D eigenvalue weighted by atomic mass is 16.1. The van der Waals surface area contributed by atoms with E-state index < -0.39 is 0 Å². The van der Waals surface area contributed by atoms with Gasteiger partial charge in [0, 0.05) is 37.5 Å². The fourth-order valence-electron chi connectivity index (χ4n) is 4.94. The fourth-order valence-corrected chi connectivity index (χ4v) is 4.94. The number of carbonyl (C=O) groups is 1. The van der Waals surface area contributed by atoms with E-state index in [9.17, 15) is 9.59 Å². The first kappa shape index (κ1) is 23.7. The SMILES string of the molecule is CN(C)c1nc(NC2CCC(CNC(=O)Cc3n[nH]c(=O)c4ccccc34)CC2)nc2ccccc12. The minimum atomic E-state index is -0.243. The van der Waals surface area contributed by atoms with E-state index in [1.807, 2.05) is 55.4 Å². The summed E-state index contributed by atoms with van der Waals surface area (Å²) < 4.78 is 0. The summed E-state index contributed by atoms with van der Waals surface area (Å²) in [6.45, 7) is 0.643. The predicted molar refractivity (Wildman–Crippen MR) is 142 cm³/mol. The summed E-state index contributed by atoms with van der Waals surface area (Å²) in [6.07, 6.45) is 4.18. The lowest BCUT2D eigenvalue weighted by atomic mass is 9.86. The molecule has 0 aliphatic heterocycles. The summed E-state index contributed by atoms with van der Waals surface area (Å²) in [7, 11) is 3.99. The van der Waals surface area contributed by atoms with Crippen molar-refractivity contribution in [1.29, 1.82) is 0 Å². The number of rotatable bonds is 7. The number of nitrogens with zero attached hydrogens (tertiary/aromatic N) is 4. The Balaban J connectivity index is 1.14. The van der Waals surface area contributed by atoms with Crippen molar-refractivity contribution in [3.05, 3.63) is 64.6 Å². The van der Waals surface area contributed by atoms with E-state index in [-0.39, 0.29) is 17.9 Å². The van der Waals surface area contributed by atoms with E-state index in [4.69, 9.17) is 9.97 Å². The maximum atomic E-state index is 12.6. The molecule has 0 atom stereocenters. The summed E-state index contributed by atoms with van der Waals surface area (Å²) >= 11 is 0. The van der Waals surface area contributed by atoms with Crippen molar-refractivity contribution >= 4 is 39.3 Å². The zero-order chi connectivity index (χ0) is 25.1. The Hall–Kier alpha value is -4.01. The number of amides is 1. The minimum absolute atomic E-state index is 0.0827. The molecule has 2 aromatic heterocycles. The van der Waals surface area contributed by atoms with E-state index >= 15 is 0 Å². The van der Waals surface area contributed by atoms with Gasteiger partial charge in [0.2, 0.25) is 11.9 Å². The lowest BCUT2D eigenvalue weighted by Gasteiger charge is -2.29. The van der Waals surface area contributed by atoms with Crippen LogP contribution in [0.5, 0.6) is 0 Å². The molecule has 3 N–H and O–H groups in total. The van der Waals surface area contributed by atoms with Crippen molar-refractivity contribution in [2.45, 2.75) is 38.1 Å². The predicted octanol–water partition coefficient (Wildman–Crippen LogP) is 3.26. The second-order valence-electron chi connectivity index (χ2n) is 9.67. The average Bonchev–Trinajstić information content (AvgIpc) is 2.89. The molecular formula is C27H31N7O2. The van der Waals surface area contributed by atoms with Crippen molar-refractivity contribution in [2.24, 2.45) is 5.92 Å². The smallest absolute Gasteiger partial charge is 0.272 e. The van der Waals surface area contributed by atoms with Crippen LogP contribution in [-0.2, 0) is 11.2 Å². The third-order valence-corrected chi connectivity index (χ3v) is 6.88. The lowest BCUT2D eigenvalue weighted by Crippen LogP contribution is -2.35. The van der Waals surface area contributed by atoms with Gasteiger partial charge in [-0.25, -0.2) is 10.1 Å². The monoisotopic (exact) mass is 485 g/mol. The average molecular weight is 486 g/mol. The number of carbonyl (C=O) groups excluding carboxylic acids is 1. The summed E-state index contributed by atoms with van der Waals surface area (Å²) in [5.41, 5.74) is 1.27. The lowest BCUT2D eigenvalue weighted by molar-refractivity contribution is -0.120. The number of aromatic amines is 1. The van der Waals surface area contributed by atoms with Gasteiger partial charge >= 0.3 is 0 Å². The van der Waals surface area contributed by atoms with E-state index in [0.29, 0.717) is 35.5 Å². The molecule has 4 aromatic rings. The summed E-state index contributed by atoms with van der Waals surface area (Å²) in [5, 5.41) is 15.5. The van der Waals surface area contributed by atoms with Crippen LogP contribution in [0.4, 0.5) is 11.8 Å². The number of aromatic nitrogens is 4. The third-order valence-electron chi connectivity index (χ3n) is 6.88. The molecule has 0 unspecified atom stereocenters. The molecular weight excluding hydrogens is 454 g/mol. The molecule has 0 bridgehead atoms. The van der Waals surface area contributed by atoms with Crippen LogP contribution in [-0.4, -0.2) is 52.8 Å². The highest BCUT2D eigenvalue weighted by molar-refractivity contribution is 5.90. The molecule has 1 amide bonds. The second-order valence-corrected chi connectivity index (χ2v) is 9.67. The van der Waals surface area contributed by atoms with Crippen molar-refractivity contribution in [1.82, 2.24) is 25.5 Å². The molecule has 0 spiro atoms. The Bertz CT molecular complexity index is 1440. The van der Waals surface area contributed by atoms with Crippen LogP contribution in [0.25, 0.3) is 21.7 Å². The molecule has 2 aromatic carbocycles. The summed E-state index contributed by atoms with van der Waals surface area (Å²) in [6, 6.07) is 15.6. The van der Waals surface area contributed by atoms with Gasteiger partial charge in [0.05, 0.1) is 23.0 Å². The fraction of sp³-hybridized carbons (Fsp3) is 0.370. The first-order valence-electron chi connectivity index (χ1n) is 12.4. The molecule has 9 heteroatoms. The van der Waals surface area contributed by atoms with Gasteiger partial charge in [0.1, 0.15) is 5.82 Å². The molecule has 0 saturated heterocycles. The van der Waals surface area contributed by atoms with Gasteiger partial charge in [-0.3, -0.25) is 9.59 Å². The molecule has 1 aliphatic carbocycles. The quantitative estimate of drug-likeness (QED) is 0.368. The molecule has 5 rings (SSSR count). The molecule has 1 fully saturated rings. The van der Waals surface area contributed by atoms with Crippen molar-refractivity contribution in [2.75, 3.05) is 30.9 Å². The largest absolute Gasteiger partial charge is 0.362 e. The third kappa shape index (κ3) is 5.15. The number of fused-ring (bicyclic) bond motifs is 2. The first-order valence-corrected chi connectivity index (χ1v) is 12.4. The van der Waals surface area contributed by atoms with Gasteiger partial charge in [-0.15, -0.1) is 0 Å². The number of para-hydroxylation sites is 1. The van der Waals surface area contributed by atoms with Gasteiger partial charge in [-0.2, -0.15) is 10.1 Å². The highest BCUT2D eigenvalue weighted by Gasteiger charge is 2.23. The molecule has 2 heterocycles. The molecule has 186 valence electrons. The number of benzene rings is 2. The van der Waals surface area contributed by atoms with Gasteiger partial charge in [-0.1, -0.05) is 30.3 Å². The van der Waals surface area contributed by atoms with Gasteiger partial charge < -0.3 is 15.5 Å². The Morgan fingerprint density at radius 1 is 0.972 bits per heavy atom. The van der Waals surface area contributed by atoms with E-state index in [0.717, 1.165) is 47.8 Å². The summed E-state index contributed by atoms with van der Waals surface area (Å²) in [4.78, 5) is 36.1. The minimum Gasteiger partial charge on any atom is -0.362 e. The molecule has 1 saturated carbocycles. The van der Waals surface area contributed by atoms with Crippen molar-refractivity contribution < 1.29 is 4.79 Å². The molecule has 9 nitrogen and oxygen atoms in total.